The molecule has 0 amide bonds. The third-order valence-corrected chi connectivity index (χ3v) is 4.10. The van der Waals surface area contributed by atoms with E-state index in [0.29, 0.717) is 12.4 Å². The van der Waals surface area contributed by atoms with Gasteiger partial charge in [0.05, 0.1) is 3.58 Å². The molecule has 0 N–H and O–H groups in total. The quantitative estimate of drug-likeness (QED) is 0.733. The molecule has 2 aromatic rings. The maximum atomic E-state index is 5.89. The highest BCUT2D eigenvalue weighted by Gasteiger charge is 2.18. The van der Waals surface area contributed by atoms with Crippen LogP contribution in [-0.2, 0) is 4.74 Å². The van der Waals surface area contributed by atoms with Crippen LogP contribution in [0, 0.1) is 0 Å². The first-order chi connectivity index (χ1) is 9.34. The van der Waals surface area contributed by atoms with Crippen LogP contribution >= 0.6 is 22.6 Å². The van der Waals surface area contributed by atoms with E-state index in [2.05, 4.69) is 39.7 Å². The van der Waals surface area contributed by atoms with E-state index < -0.39 is 0 Å². The predicted molar refractivity (Wildman–Crippen MR) is 86.3 cm³/mol. The molecule has 2 aromatic carbocycles. The summed E-state index contributed by atoms with van der Waals surface area (Å²) in [6.45, 7) is 0.609. The zero-order valence-electron chi connectivity index (χ0n) is 10.2. The standard InChI is InChI=1S/C16H12INO/c17-15(12-7-3-1-4-8-12)14-11-18-16(19-14)13-9-5-2-6-10-13/h1-10H,11H2/b15-14+. The number of aliphatic imine (C=N–C) groups is 1. The minimum Gasteiger partial charge on any atom is -0.440 e. The SMILES string of the molecule is I/C(=C1\CN=C(c2ccccc2)O1)c1ccccc1. The predicted octanol–water partition coefficient (Wildman–Crippen LogP) is 4.27. The first-order valence-electron chi connectivity index (χ1n) is 6.06. The molecule has 1 aliphatic rings. The van der Waals surface area contributed by atoms with E-state index in [0.717, 1.165) is 14.9 Å². The summed E-state index contributed by atoms with van der Waals surface area (Å²) in [4.78, 5) is 4.47. The highest BCUT2D eigenvalue weighted by atomic mass is 127. The van der Waals surface area contributed by atoms with Crippen molar-refractivity contribution >= 4 is 32.1 Å². The summed E-state index contributed by atoms with van der Waals surface area (Å²) < 4.78 is 7.00. The molecule has 0 aliphatic carbocycles. The monoisotopic (exact) mass is 361 g/mol. The minimum atomic E-state index is 0.609. The van der Waals surface area contributed by atoms with Gasteiger partial charge in [0.2, 0.25) is 5.90 Å². The summed E-state index contributed by atoms with van der Waals surface area (Å²) in [5, 5.41) is 0. The summed E-state index contributed by atoms with van der Waals surface area (Å²) in [7, 11) is 0. The molecule has 0 bridgehead atoms. The van der Waals surface area contributed by atoms with Crippen molar-refractivity contribution in [1.29, 1.82) is 0 Å². The molecule has 19 heavy (non-hydrogen) atoms. The van der Waals surface area contributed by atoms with E-state index >= 15 is 0 Å². The maximum Gasteiger partial charge on any atom is 0.222 e. The minimum absolute atomic E-state index is 0.609. The highest BCUT2D eigenvalue weighted by Crippen LogP contribution is 2.29. The molecule has 2 nitrogen and oxygen atoms in total. The zero-order chi connectivity index (χ0) is 13.1. The fourth-order valence-corrected chi connectivity index (χ4v) is 2.56. The molecule has 0 fully saturated rings. The molecule has 0 saturated heterocycles. The van der Waals surface area contributed by atoms with Gasteiger partial charge in [-0.3, -0.25) is 0 Å². The van der Waals surface area contributed by atoms with E-state index in [1.165, 1.54) is 5.56 Å². The molecular formula is C16H12INO. The molecule has 1 heterocycles. The van der Waals surface area contributed by atoms with Gasteiger partial charge in [0, 0.05) is 5.56 Å². The summed E-state index contributed by atoms with van der Waals surface area (Å²) in [6, 6.07) is 20.2. The van der Waals surface area contributed by atoms with Crippen molar-refractivity contribution in [2.24, 2.45) is 4.99 Å². The van der Waals surface area contributed by atoms with Crippen molar-refractivity contribution in [2.75, 3.05) is 6.54 Å². The number of rotatable bonds is 2. The van der Waals surface area contributed by atoms with Gasteiger partial charge in [-0.15, -0.1) is 0 Å². The molecule has 0 radical (unpaired) electrons. The highest BCUT2D eigenvalue weighted by molar-refractivity contribution is 14.1. The van der Waals surface area contributed by atoms with Gasteiger partial charge < -0.3 is 4.74 Å². The van der Waals surface area contributed by atoms with E-state index in [9.17, 15) is 0 Å². The average Bonchev–Trinajstić information content (AvgIpc) is 2.98. The number of hydrogen-bond acceptors (Lipinski definition) is 2. The van der Waals surface area contributed by atoms with Crippen LogP contribution in [0.15, 0.2) is 71.4 Å². The summed E-state index contributed by atoms with van der Waals surface area (Å²) >= 11 is 2.32. The van der Waals surface area contributed by atoms with Gasteiger partial charge in [0.1, 0.15) is 12.3 Å². The number of halogens is 1. The van der Waals surface area contributed by atoms with Gasteiger partial charge >= 0.3 is 0 Å². The van der Waals surface area contributed by atoms with Crippen LogP contribution in [0.25, 0.3) is 3.58 Å². The lowest BCUT2D eigenvalue weighted by Crippen LogP contribution is -2.00. The second-order valence-corrected chi connectivity index (χ2v) is 5.27. The van der Waals surface area contributed by atoms with Gasteiger partial charge in [-0.2, -0.15) is 0 Å². The van der Waals surface area contributed by atoms with Crippen LogP contribution in [0.1, 0.15) is 11.1 Å². The Morgan fingerprint density at radius 2 is 1.58 bits per heavy atom. The molecule has 94 valence electrons. The molecule has 3 rings (SSSR count). The third kappa shape index (κ3) is 2.71. The normalized spacial score (nSPS) is 16.8. The van der Waals surface area contributed by atoms with Gasteiger partial charge in [-0.1, -0.05) is 48.5 Å². The lowest BCUT2D eigenvalue weighted by molar-refractivity contribution is 0.444. The summed E-state index contributed by atoms with van der Waals surface area (Å²) in [5.74, 6) is 1.63. The van der Waals surface area contributed by atoms with Crippen molar-refractivity contribution in [3.8, 4) is 0 Å². The molecule has 0 aromatic heterocycles. The van der Waals surface area contributed by atoms with Gasteiger partial charge in [-0.05, 0) is 40.3 Å². The molecule has 0 unspecified atom stereocenters. The maximum absolute atomic E-state index is 5.89. The molecule has 0 spiro atoms. The van der Waals surface area contributed by atoms with Crippen molar-refractivity contribution in [2.45, 2.75) is 0 Å². The topological polar surface area (TPSA) is 21.6 Å². The van der Waals surface area contributed by atoms with Crippen molar-refractivity contribution in [3.05, 3.63) is 77.5 Å². The van der Waals surface area contributed by atoms with Gasteiger partial charge in [0.25, 0.3) is 0 Å². The first-order valence-corrected chi connectivity index (χ1v) is 7.14. The Kier molecular flexibility index (Phi) is 3.64. The Labute approximate surface area is 126 Å². The van der Waals surface area contributed by atoms with Crippen LogP contribution in [-0.4, -0.2) is 12.4 Å². The van der Waals surface area contributed by atoms with Crippen LogP contribution < -0.4 is 0 Å². The second-order valence-electron chi connectivity index (χ2n) is 4.19. The Morgan fingerprint density at radius 1 is 0.947 bits per heavy atom. The number of benzene rings is 2. The van der Waals surface area contributed by atoms with Crippen LogP contribution in [0.5, 0.6) is 0 Å². The molecule has 1 aliphatic heterocycles. The fourth-order valence-electron chi connectivity index (χ4n) is 1.92. The van der Waals surface area contributed by atoms with Crippen LogP contribution in [0.2, 0.25) is 0 Å². The Bertz CT molecular complexity index is 632. The summed E-state index contributed by atoms with van der Waals surface area (Å²) in [5.41, 5.74) is 2.19. The molecular weight excluding hydrogens is 349 g/mol. The third-order valence-electron chi connectivity index (χ3n) is 2.88. The van der Waals surface area contributed by atoms with Crippen molar-refractivity contribution < 1.29 is 4.74 Å². The van der Waals surface area contributed by atoms with Crippen molar-refractivity contribution in [1.82, 2.24) is 0 Å². The second kappa shape index (κ2) is 5.57. The zero-order valence-corrected chi connectivity index (χ0v) is 12.4. The van der Waals surface area contributed by atoms with Gasteiger partial charge in [0.15, 0.2) is 0 Å². The van der Waals surface area contributed by atoms with Crippen LogP contribution in [0.4, 0.5) is 0 Å². The van der Waals surface area contributed by atoms with E-state index in [4.69, 9.17) is 4.74 Å². The largest absolute Gasteiger partial charge is 0.440 e. The first kappa shape index (κ1) is 12.4. The summed E-state index contributed by atoms with van der Waals surface area (Å²) in [6.07, 6.45) is 0. The molecule has 0 saturated carbocycles. The number of hydrogen-bond donors (Lipinski definition) is 0. The van der Waals surface area contributed by atoms with Gasteiger partial charge in [-0.25, -0.2) is 4.99 Å². The molecule has 3 heteroatoms. The van der Waals surface area contributed by atoms with Crippen molar-refractivity contribution in [3.63, 3.8) is 0 Å². The van der Waals surface area contributed by atoms with E-state index in [-0.39, 0.29) is 0 Å². The van der Waals surface area contributed by atoms with E-state index in [1.807, 2.05) is 48.5 Å². The Balaban J connectivity index is 1.85. The van der Waals surface area contributed by atoms with E-state index in [1.54, 1.807) is 0 Å². The molecule has 0 atom stereocenters. The lowest BCUT2D eigenvalue weighted by atomic mass is 10.2. The lowest BCUT2D eigenvalue weighted by Gasteiger charge is -2.06. The van der Waals surface area contributed by atoms with Crippen LogP contribution in [0.3, 0.4) is 0 Å². The fraction of sp³-hybridized carbons (Fsp3) is 0.0625. The number of ether oxygens (including phenoxy) is 1. The number of nitrogens with zero attached hydrogens (tertiary/aromatic N) is 1. The smallest absolute Gasteiger partial charge is 0.222 e. The average molecular weight is 361 g/mol. The Hall–Kier alpha value is -1.62. The Morgan fingerprint density at radius 3 is 2.26 bits per heavy atom.